The predicted molar refractivity (Wildman–Crippen MR) is 80.0 cm³/mol. The molecule has 3 aromatic heterocycles. The highest BCUT2D eigenvalue weighted by Gasteiger charge is 2.27. The molecule has 0 bridgehead atoms. The van der Waals surface area contributed by atoms with Crippen molar-refractivity contribution < 1.29 is 0 Å². The maximum absolute atomic E-state index is 4.66. The van der Waals surface area contributed by atoms with Crippen LogP contribution in [0, 0.1) is 6.92 Å². The molecule has 6 heteroatoms. The highest BCUT2D eigenvalue weighted by molar-refractivity contribution is 5.90. The molecule has 6 nitrogen and oxygen atoms in total. The summed E-state index contributed by atoms with van der Waals surface area (Å²) in [5, 5.41) is 12.9. The maximum atomic E-state index is 4.66. The van der Waals surface area contributed by atoms with Crippen molar-refractivity contribution in [3.8, 4) is 11.4 Å². The van der Waals surface area contributed by atoms with Crippen molar-refractivity contribution in [3.05, 3.63) is 23.8 Å². The Morgan fingerprint density at radius 3 is 2.81 bits per heavy atom. The largest absolute Gasteiger partial charge is 0.262 e. The van der Waals surface area contributed by atoms with Crippen molar-refractivity contribution in [1.29, 1.82) is 0 Å². The lowest BCUT2D eigenvalue weighted by Crippen LogP contribution is -2.04. The van der Waals surface area contributed by atoms with Crippen molar-refractivity contribution in [2.45, 2.75) is 45.6 Å². The first-order valence-electron chi connectivity index (χ1n) is 7.41. The van der Waals surface area contributed by atoms with Crippen LogP contribution in [0.4, 0.5) is 0 Å². The molecule has 3 aromatic rings. The van der Waals surface area contributed by atoms with Crippen molar-refractivity contribution in [3.63, 3.8) is 0 Å². The number of aromatic nitrogens is 6. The SMILES string of the molecule is Cc1cc(-c2n[nH]c(C3CC3)n2)c2cnn(C(C)C)c2n1. The number of aryl methyl sites for hydroxylation is 1. The number of fused-ring (bicyclic) bond motifs is 1. The lowest BCUT2D eigenvalue weighted by Gasteiger charge is -2.07. The van der Waals surface area contributed by atoms with Crippen LogP contribution in [0.3, 0.4) is 0 Å². The topological polar surface area (TPSA) is 72.3 Å². The van der Waals surface area contributed by atoms with E-state index in [2.05, 4.69) is 39.1 Å². The molecule has 0 radical (unpaired) electrons. The number of aromatic amines is 1. The molecule has 3 heterocycles. The second kappa shape index (κ2) is 4.38. The average Bonchev–Trinajstić information content (AvgIpc) is 3.02. The fourth-order valence-corrected chi connectivity index (χ4v) is 2.64. The van der Waals surface area contributed by atoms with Gasteiger partial charge in [0.2, 0.25) is 0 Å². The molecular formula is C15H18N6. The van der Waals surface area contributed by atoms with Gasteiger partial charge in [0.1, 0.15) is 5.82 Å². The van der Waals surface area contributed by atoms with Crippen LogP contribution in [0.15, 0.2) is 12.3 Å². The number of rotatable bonds is 3. The smallest absolute Gasteiger partial charge is 0.182 e. The van der Waals surface area contributed by atoms with Gasteiger partial charge in [0.25, 0.3) is 0 Å². The first-order valence-corrected chi connectivity index (χ1v) is 7.41. The van der Waals surface area contributed by atoms with Crippen molar-refractivity contribution in [2.24, 2.45) is 0 Å². The van der Waals surface area contributed by atoms with Crippen molar-refractivity contribution >= 4 is 11.0 Å². The van der Waals surface area contributed by atoms with Crippen LogP contribution in [0.1, 0.15) is 50.2 Å². The molecule has 108 valence electrons. The molecule has 1 aliphatic rings. The lowest BCUT2D eigenvalue weighted by atomic mass is 10.1. The summed E-state index contributed by atoms with van der Waals surface area (Å²) in [7, 11) is 0. The minimum Gasteiger partial charge on any atom is -0.262 e. The van der Waals surface area contributed by atoms with E-state index in [4.69, 9.17) is 0 Å². The quantitative estimate of drug-likeness (QED) is 0.801. The molecule has 0 amide bonds. The number of H-pyrrole nitrogens is 1. The lowest BCUT2D eigenvalue weighted by molar-refractivity contribution is 0.546. The Kier molecular flexibility index (Phi) is 2.60. The van der Waals surface area contributed by atoms with Gasteiger partial charge in [0.15, 0.2) is 11.5 Å². The highest BCUT2D eigenvalue weighted by Crippen LogP contribution is 2.38. The first kappa shape index (κ1) is 12.5. The van der Waals surface area contributed by atoms with E-state index < -0.39 is 0 Å². The Hall–Kier alpha value is -2.24. The maximum Gasteiger partial charge on any atom is 0.182 e. The first-order chi connectivity index (χ1) is 10.1. The van der Waals surface area contributed by atoms with Gasteiger partial charge < -0.3 is 0 Å². The minimum absolute atomic E-state index is 0.277. The van der Waals surface area contributed by atoms with Gasteiger partial charge >= 0.3 is 0 Å². The number of nitrogens with one attached hydrogen (secondary N) is 1. The van der Waals surface area contributed by atoms with E-state index in [9.17, 15) is 0 Å². The Morgan fingerprint density at radius 2 is 2.10 bits per heavy atom. The van der Waals surface area contributed by atoms with Crippen LogP contribution < -0.4 is 0 Å². The molecule has 0 saturated heterocycles. The van der Waals surface area contributed by atoms with Crippen LogP contribution in [0.25, 0.3) is 22.4 Å². The van der Waals surface area contributed by atoms with Crippen molar-refractivity contribution in [1.82, 2.24) is 29.9 Å². The monoisotopic (exact) mass is 282 g/mol. The van der Waals surface area contributed by atoms with Crippen LogP contribution in [0.2, 0.25) is 0 Å². The normalized spacial score (nSPS) is 15.2. The fraction of sp³-hybridized carbons (Fsp3) is 0.467. The van der Waals surface area contributed by atoms with Crippen LogP contribution in [-0.4, -0.2) is 29.9 Å². The van der Waals surface area contributed by atoms with Gasteiger partial charge in [-0.2, -0.15) is 10.2 Å². The summed E-state index contributed by atoms with van der Waals surface area (Å²) < 4.78 is 1.94. The second-order valence-corrected chi connectivity index (χ2v) is 6.05. The summed E-state index contributed by atoms with van der Waals surface area (Å²) in [4.78, 5) is 9.29. The van der Waals surface area contributed by atoms with Gasteiger partial charge in [0, 0.05) is 23.2 Å². The fourth-order valence-electron chi connectivity index (χ4n) is 2.64. The molecule has 1 saturated carbocycles. The molecule has 1 aliphatic carbocycles. The number of hydrogen-bond donors (Lipinski definition) is 1. The Bertz CT molecular complexity index is 809. The van der Waals surface area contributed by atoms with E-state index in [1.807, 2.05) is 23.9 Å². The van der Waals surface area contributed by atoms with E-state index in [1.54, 1.807) is 0 Å². The standard InChI is InChI=1S/C15H18N6/c1-8(2)21-15-12(7-16-21)11(6-9(3)17-15)14-18-13(19-20-14)10-4-5-10/h6-8,10H,4-5H2,1-3H3,(H,18,19,20). The molecule has 0 aromatic carbocycles. The Balaban J connectivity index is 1.90. The third kappa shape index (κ3) is 2.02. The molecule has 4 rings (SSSR count). The van der Waals surface area contributed by atoms with Gasteiger partial charge in [-0.05, 0) is 39.7 Å². The summed E-state index contributed by atoms with van der Waals surface area (Å²) in [5.74, 6) is 2.32. The third-order valence-electron chi connectivity index (χ3n) is 3.89. The number of nitrogens with zero attached hydrogens (tertiary/aromatic N) is 5. The average molecular weight is 282 g/mol. The van der Waals surface area contributed by atoms with Crippen molar-refractivity contribution in [2.75, 3.05) is 0 Å². The van der Waals surface area contributed by atoms with Gasteiger partial charge in [-0.15, -0.1) is 0 Å². The molecule has 0 unspecified atom stereocenters. The molecular weight excluding hydrogens is 264 g/mol. The Morgan fingerprint density at radius 1 is 1.29 bits per heavy atom. The summed E-state index contributed by atoms with van der Waals surface area (Å²) in [6.45, 7) is 6.21. The van der Waals surface area contributed by atoms with E-state index >= 15 is 0 Å². The molecule has 0 atom stereocenters. The van der Waals surface area contributed by atoms with E-state index in [0.717, 1.165) is 33.9 Å². The molecule has 1 N–H and O–H groups in total. The number of hydrogen-bond acceptors (Lipinski definition) is 4. The zero-order valence-electron chi connectivity index (χ0n) is 12.5. The summed E-state index contributed by atoms with van der Waals surface area (Å²) in [5.41, 5.74) is 2.86. The van der Waals surface area contributed by atoms with Crippen LogP contribution in [-0.2, 0) is 0 Å². The zero-order valence-corrected chi connectivity index (χ0v) is 12.5. The highest BCUT2D eigenvalue weighted by atomic mass is 15.3. The van der Waals surface area contributed by atoms with Gasteiger partial charge in [0.05, 0.1) is 11.6 Å². The third-order valence-corrected chi connectivity index (χ3v) is 3.89. The molecule has 21 heavy (non-hydrogen) atoms. The minimum atomic E-state index is 0.277. The summed E-state index contributed by atoms with van der Waals surface area (Å²) in [6, 6.07) is 2.31. The Labute approximate surface area is 122 Å². The van der Waals surface area contributed by atoms with Crippen LogP contribution in [0.5, 0.6) is 0 Å². The molecule has 0 spiro atoms. The van der Waals surface area contributed by atoms with Gasteiger partial charge in [-0.3, -0.25) is 5.10 Å². The van der Waals surface area contributed by atoms with E-state index in [-0.39, 0.29) is 6.04 Å². The molecule has 1 fully saturated rings. The predicted octanol–water partition coefficient (Wildman–Crippen LogP) is 2.98. The number of pyridine rings is 1. The van der Waals surface area contributed by atoms with E-state index in [0.29, 0.717) is 5.92 Å². The van der Waals surface area contributed by atoms with Gasteiger partial charge in [-0.1, -0.05) is 0 Å². The van der Waals surface area contributed by atoms with E-state index in [1.165, 1.54) is 12.8 Å². The second-order valence-electron chi connectivity index (χ2n) is 6.05. The summed E-state index contributed by atoms with van der Waals surface area (Å²) in [6.07, 6.45) is 4.29. The molecule has 0 aliphatic heterocycles. The van der Waals surface area contributed by atoms with Gasteiger partial charge in [-0.25, -0.2) is 14.6 Å². The summed E-state index contributed by atoms with van der Waals surface area (Å²) >= 11 is 0. The zero-order chi connectivity index (χ0) is 14.6. The van der Waals surface area contributed by atoms with Crippen LogP contribution >= 0.6 is 0 Å².